The number of hydrogen-bond donors (Lipinski definition) is 2. The van der Waals surface area contributed by atoms with Gasteiger partial charge in [0.25, 0.3) is 5.91 Å². The van der Waals surface area contributed by atoms with E-state index in [9.17, 15) is 14.4 Å². The van der Waals surface area contributed by atoms with E-state index in [0.717, 1.165) is 12.0 Å². The summed E-state index contributed by atoms with van der Waals surface area (Å²) >= 11 is 0. The summed E-state index contributed by atoms with van der Waals surface area (Å²) < 4.78 is 4.77. The van der Waals surface area contributed by atoms with E-state index in [4.69, 9.17) is 4.74 Å². The molecular formula is C20H28N2O4. The summed E-state index contributed by atoms with van der Waals surface area (Å²) in [6, 6.07) is 6.54. The van der Waals surface area contributed by atoms with Gasteiger partial charge in [0, 0.05) is 11.6 Å². The van der Waals surface area contributed by atoms with Crippen molar-refractivity contribution < 1.29 is 19.1 Å². The molecule has 3 atom stereocenters. The summed E-state index contributed by atoms with van der Waals surface area (Å²) in [4.78, 5) is 36.7. The number of rotatable bonds is 6. The Balaban J connectivity index is 1.96. The molecule has 0 unspecified atom stereocenters. The molecule has 142 valence electrons. The van der Waals surface area contributed by atoms with E-state index >= 15 is 0 Å². The highest BCUT2D eigenvalue weighted by atomic mass is 16.5. The van der Waals surface area contributed by atoms with E-state index < -0.39 is 6.04 Å². The maximum absolute atomic E-state index is 12.7. The van der Waals surface area contributed by atoms with Crippen molar-refractivity contribution in [3.05, 3.63) is 35.4 Å². The SMILES string of the molecule is COC(=O)[C@H]1CC[C@@H](NC(=O)[C@@H](NC(=O)c2ccc(C)cc2)C(C)C)C1. The van der Waals surface area contributed by atoms with E-state index in [-0.39, 0.29) is 35.7 Å². The third-order valence-corrected chi connectivity index (χ3v) is 4.86. The van der Waals surface area contributed by atoms with Gasteiger partial charge < -0.3 is 15.4 Å². The molecule has 1 aliphatic carbocycles. The van der Waals surface area contributed by atoms with Crippen LogP contribution in [0.2, 0.25) is 0 Å². The van der Waals surface area contributed by atoms with Crippen LogP contribution in [0.1, 0.15) is 49.0 Å². The third-order valence-electron chi connectivity index (χ3n) is 4.86. The maximum Gasteiger partial charge on any atom is 0.308 e. The molecule has 0 heterocycles. The van der Waals surface area contributed by atoms with Crippen LogP contribution in [0.3, 0.4) is 0 Å². The van der Waals surface area contributed by atoms with Crippen molar-refractivity contribution >= 4 is 17.8 Å². The first-order chi connectivity index (χ1) is 12.3. The van der Waals surface area contributed by atoms with Crippen molar-refractivity contribution in [2.24, 2.45) is 11.8 Å². The topological polar surface area (TPSA) is 84.5 Å². The molecule has 0 radical (unpaired) electrons. The molecule has 0 aromatic heterocycles. The first kappa shape index (κ1) is 19.9. The Morgan fingerprint density at radius 2 is 1.77 bits per heavy atom. The van der Waals surface area contributed by atoms with E-state index in [2.05, 4.69) is 10.6 Å². The fourth-order valence-electron chi connectivity index (χ4n) is 3.25. The molecule has 1 aromatic rings. The number of nitrogens with one attached hydrogen (secondary N) is 2. The molecule has 0 bridgehead atoms. The smallest absolute Gasteiger partial charge is 0.308 e. The number of aryl methyl sites for hydroxylation is 1. The number of carbonyl (C=O) groups is 3. The highest BCUT2D eigenvalue weighted by Gasteiger charge is 2.33. The Hall–Kier alpha value is -2.37. The zero-order valence-corrected chi connectivity index (χ0v) is 15.9. The molecule has 2 amide bonds. The number of benzene rings is 1. The van der Waals surface area contributed by atoms with Crippen LogP contribution >= 0.6 is 0 Å². The second-order valence-electron chi connectivity index (χ2n) is 7.30. The lowest BCUT2D eigenvalue weighted by Gasteiger charge is -2.24. The van der Waals surface area contributed by atoms with Crippen LogP contribution in [-0.4, -0.2) is 37.0 Å². The van der Waals surface area contributed by atoms with Crippen LogP contribution in [-0.2, 0) is 14.3 Å². The summed E-state index contributed by atoms with van der Waals surface area (Å²) in [5.74, 6) is -0.921. The van der Waals surface area contributed by atoms with Gasteiger partial charge in [-0.25, -0.2) is 0 Å². The van der Waals surface area contributed by atoms with Crippen molar-refractivity contribution in [2.45, 2.75) is 52.1 Å². The molecule has 1 saturated carbocycles. The van der Waals surface area contributed by atoms with E-state index in [1.54, 1.807) is 12.1 Å². The summed E-state index contributed by atoms with van der Waals surface area (Å²) in [7, 11) is 1.38. The predicted octanol–water partition coefficient (Wildman–Crippen LogP) is 2.21. The van der Waals surface area contributed by atoms with E-state index in [1.807, 2.05) is 32.9 Å². The number of esters is 1. The largest absolute Gasteiger partial charge is 0.469 e. The zero-order chi connectivity index (χ0) is 19.3. The molecule has 0 spiro atoms. The van der Waals surface area contributed by atoms with Crippen LogP contribution in [0.15, 0.2) is 24.3 Å². The molecule has 6 heteroatoms. The van der Waals surface area contributed by atoms with Gasteiger partial charge in [0.05, 0.1) is 13.0 Å². The number of carbonyl (C=O) groups excluding carboxylic acids is 3. The van der Waals surface area contributed by atoms with Crippen molar-refractivity contribution in [2.75, 3.05) is 7.11 Å². The second kappa shape index (κ2) is 8.83. The summed E-state index contributed by atoms with van der Waals surface area (Å²) in [5.41, 5.74) is 1.60. The first-order valence-electron chi connectivity index (χ1n) is 9.07. The van der Waals surface area contributed by atoms with Crippen LogP contribution in [0.5, 0.6) is 0 Å². The number of methoxy groups -OCH3 is 1. The second-order valence-corrected chi connectivity index (χ2v) is 7.30. The average Bonchev–Trinajstić information content (AvgIpc) is 3.07. The highest BCUT2D eigenvalue weighted by molar-refractivity contribution is 5.97. The van der Waals surface area contributed by atoms with Gasteiger partial charge >= 0.3 is 5.97 Å². The average molecular weight is 360 g/mol. The summed E-state index contributed by atoms with van der Waals surface area (Å²) in [6.45, 7) is 5.74. The van der Waals surface area contributed by atoms with Crippen molar-refractivity contribution in [1.29, 1.82) is 0 Å². The molecule has 2 N–H and O–H groups in total. The van der Waals surface area contributed by atoms with Gasteiger partial charge in [0.15, 0.2) is 0 Å². The minimum Gasteiger partial charge on any atom is -0.469 e. The zero-order valence-electron chi connectivity index (χ0n) is 15.9. The third kappa shape index (κ3) is 5.07. The Kier molecular flexibility index (Phi) is 6.77. The monoisotopic (exact) mass is 360 g/mol. The van der Waals surface area contributed by atoms with Crippen LogP contribution in [0.4, 0.5) is 0 Å². The normalized spacial score (nSPS) is 20.5. The molecule has 1 aromatic carbocycles. The molecule has 0 aliphatic heterocycles. The number of hydrogen-bond acceptors (Lipinski definition) is 4. The first-order valence-corrected chi connectivity index (χ1v) is 9.07. The molecular weight excluding hydrogens is 332 g/mol. The summed E-state index contributed by atoms with van der Waals surface area (Å²) in [6.07, 6.45) is 2.02. The fraction of sp³-hybridized carbons (Fsp3) is 0.550. The van der Waals surface area contributed by atoms with E-state index in [0.29, 0.717) is 18.4 Å². The van der Waals surface area contributed by atoms with Gasteiger partial charge in [0.1, 0.15) is 6.04 Å². The standard InChI is InChI=1S/C20H28N2O4/c1-12(2)17(22-18(23)14-7-5-13(3)6-8-14)19(24)21-16-10-9-15(11-16)20(25)26-4/h5-8,12,15-17H,9-11H2,1-4H3,(H,21,24)(H,22,23)/t15-,16+,17-/m0/s1. The van der Waals surface area contributed by atoms with Crippen LogP contribution in [0, 0.1) is 18.8 Å². The molecule has 1 aliphatic rings. The number of amides is 2. The van der Waals surface area contributed by atoms with Gasteiger partial charge in [-0.15, -0.1) is 0 Å². The number of ether oxygens (including phenoxy) is 1. The van der Waals surface area contributed by atoms with Gasteiger partial charge in [-0.3, -0.25) is 14.4 Å². The Morgan fingerprint density at radius 3 is 2.35 bits per heavy atom. The molecule has 6 nitrogen and oxygen atoms in total. The van der Waals surface area contributed by atoms with Crippen LogP contribution in [0.25, 0.3) is 0 Å². The minimum absolute atomic E-state index is 0.0535. The van der Waals surface area contributed by atoms with Crippen LogP contribution < -0.4 is 10.6 Å². The van der Waals surface area contributed by atoms with Gasteiger partial charge in [-0.2, -0.15) is 0 Å². The van der Waals surface area contributed by atoms with Gasteiger partial charge in [0.2, 0.25) is 5.91 Å². The van der Waals surface area contributed by atoms with E-state index in [1.165, 1.54) is 7.11 Å². The maximum atomic E-state index is 12.7. The van der Waals surface area contributed by atoms with Gasteiger partial charge in [-0.1, -0.05) is 31.5 Å². The molecule has 1 fully saturated rings. The Labute approximate surface area is 154 Å². The van der Waals surface area contributed by atoms with Crippen molar-refractivity contribution in [3.63, 3.8) is 0 Å². The Morgan fingerprint density at radius 1 is 1.12 bits per heavy atom. The lowest BCUT2D eigenvalue weighted by Crippen LogP contribution is -2.51. The quantitative estimate of drug-likeness (QED) is 0.762. The highest BCUT2D eigenvalue weighted by Crippen LogP contribution is 2.26. The predicted molar refractivity (Wildman–Crippen MR) is 98.6 cm³/mol. The van der Waals surface area contributed by atoms with Crippen molar-refractivity contribution in [3.8, 4) is 0 Å². The molecule has 26 heavy (non-hydrogen) atoms. The fourth-order valence-corrected chi connectivity index (χ4v) is 3.25. The molecule has 0 saturated heterocycles. The lowest BCUT2D eigenvalue weighted by molar-refractivity contribution is -0.145. The molecule has 2 rings (SSSR count). The minimum atomic E-state index is -0.624. The Bertz CT molecular complexity index is 654. The summed E-state index contributed by atoms with van der Waals surface area (Å²) in [5, 5.41) is 5.80. The lowest BCUT2D eigenvalue weighted by atomic mass is 10.0. The van der Waals surface area contributed by atoms with Gasteiger partial charge in [-0.05, 0) is 44.2 Å². The van der Waals surface area contributed by atoms with Crippen molar-refractivity contribution in [1.82, 2.24) is 10.6 Å².